The number of hydrogen-bond donors (Lipinski definition) is 1. The monoisotopic (exact) mass is 322 g/mol. The van der Waals surface area contributed by atoms with Gasteiger partial charge in [-0.1, -0.05) is 18.5 Å². The van der Waals surface area contributed by atoms with Crippen molar-refractivity contribution in [3.63, 3.8) is 0 Å². The number of piperidine rings is 1. The Morgan fingerprint density at radius 2 is 1.86 bits per heavy atom. The first-order valence-electron chi connectivity index (χ1n) is 7.86. The van der Waals surface area contributed by atoms with Crippen LogP contribution in [-0.2, 0) is 4.79 Å². The fraction of sp³-hybridized carbons (Fsp3) is 0.529. The molecule has 0 bridgehead atoms. The second kappa shape index (κ2) is 7.63. The first-order chi connectivity index (χ1) is 10.5. The lowest BCUT2D eigenvalue weighted by molar-refractivity contribution is -0.126. The third kappa shape index (κ3) is 4.23. The van der Waals surface area contributed by atoms with E-state index in [-0.39, 0.29) is 23.8 Å². The van der Waals surface area contributed by atoms with Gasteiger partial charge in [0.05, 0.1) is 0 Å². The summed E-state index contributed by atoms with van der Waals surface area (Å²) in [7, 11) is 0. The molecule has 22 heavy (non-hydrogen) atoms. The quantitative estimate of drug-likeness (QED) is 0.926. The number of nitrogens with zero attached hydrogens (tertiary/aromatic N) is 1. The molecule has 0 aromatic heterocycles. The number of halogens is 1. The smallest absolute Gasteiger partial charge is 0.253 e. The van der Waals surface area contributed by atoms with Gasteiger partial charge in [-0.05, 0) is 50.5 Å². The first-order valence-corrected chi connectivity index (χ1v) is 8.24. The van der Waals surface area contributed by atoms with Crippen molar-refractivity contribution in [1.82, 2.24) is 10.2 Å². The summed E-state index contributed by atoms with van der Waals surface area (Å²) in [6.07, 6.45) is 2.38. The zero-order valence-corrected chi connectivity index (χ0v) is 13.9. The van der Waals surface area contributed by atoms with E-state index in [0.717, 1.165) is 19.3 Å². The van der Waals surface area contributed by atoms with Gasteiger partial charge >= 0.3 is 0 Å². The molecule has 1 heterocycles. The van der Waals surface area contributed by atoms with Gasteiger partial charge < -0.3 is 10.2 Å². The van der Waals surface area contributed by atoms with Crippen LogP contribution in [0.25, 0.3) is 0 Å². The molecule has 0 saturated carbocycles. The van der Waals surface area contributed by atoms with Crippen LogP contribution in [0.4, 0.5) is 0 Å². The summed E-state index contributed by atoms with van der Waals surface area (Å²) in [6, 6.07) is 7.14. The maximum absolute atomic E-state index is 12.4. The first kappa shape index (κ1) is 16.8. The molecule has 0 unspecified atom stereocenters. The fourth-order valence-corrected chi connectivity index (χ4v) is 2.71. The molecule has 1 aliphatic rings. The van der Waals surface area contributed by atoms with Gasteiger partial charge in [-0.3, -0.25) is 9.59 Å². The molecule has 1 aromatic rings. The molecule has 1 N–H and O–H groups in total. The van der Waals surface area contributed by atoms with Crippen molar-refractivity contribution >= 4 is 23.4 Å². The van der Waals surface area contributed by atoms with E-state index in [9.17, 15) is 9.59 Å². The largest absolute Gasteiger partial charge is 0.353 e. The Balaban J connectivity index is 1.87. The highest BCUT2D eigenvalue weighted by Crippen LogP contribution is 2.20. The second-order valence-corrected chi connectivity index (χ2v) is 6.33. The molecular weight excluding hydrogens is 300 g/mol. The van der Waals surface area contributed by atoms with E-state index in [2.05, 4.69) is 12.2 Å². The second-order valence-electron chi connectivity index (χ2n) is 5.89. The van der Waals surface area contributed by atoms with Gasteiger partial charge in [0.1, 0.15) is 0 Å². The standard InChI is InChI=1S/C17H23ClN2O2/c1-3-12(2)19-16(21)13-8-10-20(11-9-13)17(22)14-4-6-15(18)7-5-14/h4-7,12-13H,3,8-11H2,1-2H3,(H,19,21)/t12-/m1/s1. The molecule has 0 radical (unpaired) electrons. The van der Waals surface area contributed by atoms with E-state index in [1.165, 1.54) is 0 Å². The third-order valence-corrected chi connectivity index (χ3v) is 4.50. The molecule has 0 spiro atoms. The van der Waals surface area contributed by atoms with Crippen molar-refractivity contribution in [3.05, 3.63) is 34.9 Å². The van der Waals surface area contributed by atoms with E-state index in [1.54, 1.807) is 24.3 Å². The number of carbonyl (C=O) groups is 2. The number of rotatable bonds is 4. The van der Waals surface area contributed by atoms with Crippen LogP contribution in [0.3, 0.4) is 0 Å². The fourth-order valence-electron chi connectivity index (χ4n) is 2.58. The lowest BCUT2D eigenvalue weighted by Crippen LogP contribution is -2.44. The predicted octanol–water partition coefficient (Wildman–Crippen LogP) is 3.11. The van der Waals surface area contributed by atoms with Crippen LogP contribution in [-0.4, -0.2) is 35.8 Å². The van der Waals surface area contributed by atoms with Crippen LogP contribution >= 0.6 is 11.6 Å². The van der Waals surface area contributed by atoms with E-state index < -0.39 is 0 Å². The Morgan fingerprint density at radius 3 is 2.41 bits per heavy atom. The van der Waals surface area contributed by atoms with E-state index in [4.69, 9.17) is 11.6 Å². The molecule has 2 rings (SSSR count). The predicted molar refractivity (Wildman–Crippen MR) is 88.0 cm³/mol. The van der Waals surface area contributed by atoms with Crippen molar-refractivity contribution in [1.29, 1.82) is 0 Å². The summed E-state index contributed by atoms with van der Waals surface area (Å²) in [5.74, 6) is 0.147. The SMILES string of the molecule is CC[C@@H](C)NC(=O)C1CCN(C(=O)c2ccc(Cl)cc2)CC1. The molecule has 1 aliphatic heterocycles. The molecule has 4 nitrogen and oxygen atoms in total. The van der Waals surface area contributed by atoms with Gasteiger partial charge in [0.25, 0.3) is 5.91 Å². The summed E-state index contributed by atoms with van der Waals surface area (Å²) in [6.45, 7) is 5.32. The lowest BCUT2D eigenvalue weighted by Gasteiger charge is -2.32. The minimum atomic E-state index is 0.0115. The molecule has 5 heteroatoms. The van der Waals surface area contributed by atoms with Gasteiger partial charge in [-0.15, -0.1) is 0 Å². The Hall–Kier alpha value is -1.55. The van der Waals surface area contributed by atoms with Crippen molar-refractivity contribution in [2.45, 2.75) is 39.2 Å². The van der Waals surface area contributed by atoms with Crippen LogP contribution in [0.5, 0.6) is 0 Å². The summed E-state index contributed by atoms with van der Waals surface area (Å²) >= 11 is 5.84. The number of benzene rings is 1. The zero-order valence-electron chi connectivity index (χ0n) is 13.1. The highest BCUT2D eigenvalue weighted by molar-refractivity contribution is 6.30. The number of hydrogen-bond acceptors (Lipinski definition) is 2. The van der Waals surface area contributed by atoms with Crippen molar-refractivity contribution in [2.75, 3.05) is 13.1 Å². The molecule has 1 fully saturated rings. The summed E-state index contributed by atoms with van der Waals surface area (Å²) in [5.41, 5.74) is 0.645. The highest BCUT2D eigenvalue weighted by Gasteiger charge is 2.28. The normalized spacial score (nSPS) is 17.1. The van der Waals surface area contributed by atoms with Crippen molar-refractivity contribution in [2.24, 2.45) is 5.92 Å². The third-order valence-electron chi connectivity index (χ3n) is 4.25. The lowest BCUT2D eigenvalue weighted by atomic mass is 9.95. The molecular formula is C17H23ClN2O2. The zero-order chi connectivity index (χ0) is 16.1. The number of nitrogens with one attached hydrogen (secondary N) is 1. The number of amides is 2. The van der Waals surface area contributed by atoms with E-state index in [0.29, 0.717) is 23.7 Å². The molecule has 1 atom stereocenters. The Morgan fingerprint density at radius 1 is 1.27 bits per heavy atom. The Bertz CT molecular complexity index is 522. The minimum Gasteiger partial charge on any atom is -0.353 e. The van der Waals surface area contributed by atoms with E-state index >= 15 is 0 Å². The molecule has 1 saturated heterocycles. The van der Waals surface area contributed by atoms with Crippen molar-refractivity contribution < 1.29 is 9.59 Å². The minimum absolute atomic E-state index is 0.0115. The van der Waals surface area contributed by atoms with Gasteiger partial charge in [0.15, 0.2) is 0 Å². The summed E-state index contributed by atoms with van der Waals surface area (Å²) in [4.78, 5) is 26.3. The Kier molecular flexibility index (Phi) is 5.83. The van der Waals surface area contributed by atoms with Gasteiger partial charge in [0, 0.05) is 35.6 Å². The average molecular weight is 323 g/mol. The van der Waals surface area contributed by atoms with Crippen LogP contribution in [0, 0.1) is 5.92 Å². The van der Waals surface area contributed by atoms with Crippen LogP contribution in [0.2, 0.25) is 5.02 Å². The van der Waals surface area contributed by atoms with Crippen LogP contribution in [0.15, 0.2) is 24.3 Å². The topological polar surface area (TPSA) is 49.4 Å². The molecule has 120 valence electrons. The van der Waals surface area contributed by atoms with Gasteiger partial charge in [-0.2, -0.15) is 0 Å². The molecule has 1 aromatic carbocycles. The maximum Gasteiger partial charge on any atom is 0.253 e. The van der Waals surface area contributed by atoms with Crippen LogP contribution < -0.4 is 5.32 Å². The number of likely N-dealkylation sites (tertiary alicyclic amines) is 1. The van der Waals surface area contributed by atoms with E-state index in [1.807, 2.05) is 11.8 Å². The van der Waals surface area contributed by atoms with Crippen LogP contribution in [0.1, 0.15) is 43.5 Å². The average Bonchev–Trinajstić information content (AvgIpc) is 2.55. The number of carbonyl (C=O) groups excluding carboxylic acids is 2. The Labute approximate surface area is 136 Å². The summed E-state index contributed by atoms with van der Waals surface area (Å²) in [5, 5.41) is 3.65. The van der Waals surface area contributed by atoms with Crippen molar-refractivity contribution in [3.8, 4) is 0 Å². The summed E-state index contributed by atoms with van der Waals surface area (Å²) < 4.78 is 0. The maximum atomic E-state index is 12.4. The highest BCUT2D eigenvalue weighted by atomic mass is 35.5. The molecule has 2 amide bonds. The van der Waals surface area contributed by atoms with Gasteiger partial charge in [-0.25, -0.2) is 0 Å². The van der Waals surface area contributed by atoms with Gasteiger partial charge in [0.2, 0.25) is 5.91 Å². The molecule has 0 aliphatic carbocycles.